The fourth-order valence-electron chi connectivity index (χ4n) is 2.16. The predicted octanol–water partition coefficient (Wildman–Crippen LogP) is 2.80. The van der Waals surface area contributed by atoms with Crippen molar-refractivity contribution >= 4 is 28.5 Å². The summed E-state index contributed by atoms with van der Waals surface area (Å²) in [5, 5.41) is 9.26. The third-order valence-electron chi connectivity index (χ3n) is 3.07. The van der Waals surface area contributed by atoms with Gasteiger partial charge in [0.25, 0.3) is 0 Å². The van der Waals surface area contributed by atoms with E-state index in [4.69, 9.17) is 9.52 Å². The van der Waals surface area contributed by atoms with Gasteiger partial charge in [0.2, 0.25) is 5.76 Å². The van der Waals surface area contributed by atoms with Crippen LogP contribution >= 0.6 is 11.8 Å². The Labute approximate surface area is 122 Å². The number of rotatable bonds is 4. The number of hydrogen-bond donors (Lipinski definition) is 1. The summed E-state index contributed by atoms with van der Waals surface area (Å²) >= 11 is 1.72. The van der Waals surface area contributed by atoms with Gasteiger partial charge in [0.15, 0.2) is 5.09 Å². The second kappa shape index (κ2) is 5.46. The Hall–Kier alpha value is -1.53. The number of hydrogen-bond acceptors (Lipinski definition) is 4. The van der Waals surface area contributed by atoms with E-state index in [2.05, 4.69) is 12.1 Å². The van der Waals surface area contributed by atoms with Crippen molar-refractivity contribution in [3.8, 4) is 0 Å². The molecule has 0 saturated heterocycles. The van der Waals surface area contributed by atoms with Crippen molar-refractivity contribution in [1.82, 2.24) is 0 Å². The lowest BCUT2D eigenvalue weighted by molar-refractivity contribution is 0.0656. The Balaban J connectivity index is 1.67. The monoisotopic (exact) mass is 308 g/mol. The van der Waals surface area contributed by atoms with Crippen LogP contribution in [0.3, 0.4) is 0 Å². The molecule has 20 heavy (non-hydrogen) atoms. The van der Waals surface area contributed by atoms with E-state index in [1.54, 1.807) is 11.8 Å². The van der Waals surface area contributed by atoms with Crippen molar-refractivity contribution in [3.63, 3.8) is 0 Å². The largest absolute Gasteiger partial charge is 0.475 e. The van der Waals surface area contributed by atoms with Gasteiger partial charge >= 0.3 is 5.97 Å². The topological polar surface area (TPSA) is 67.5 Å². The van der Waals surface area contributed by atoms with Gasteiger partial charge in [-0.1, -0.05) is 18.2 Å². The first-order valence-electron chi connectivity index (χ1n) is 6.09. The molecule has 104 valence electrons. The fourth-order valence-corrected chi connectivity index (χ4v) is 4.90. The van der Waals surface area contributed by atoms with Crippen molar-refractivity contribution in [2.75, 3.05) is 5.75 Å². The van der Waals surface area contributed by atoms with Crippen LogP contribution in [-0.2, 0) is 17.2 Å². The lowest BCUT2D eigenvalue weighted by atomic mass is 10.1. The highest BCUT2D eigenvalue weighted by molar-refractivity contribution is 8.01. The zero-order valence-corrected chi connectivity index (χ0v) is 12.1. The maximum absolute atomic E-state index is 12.2. The van der Waals surface area contributed by atoms with Crippen LogP contribution in [0.25, 0.3) is 0 Å². The van der Waals surface area contributed by atoms with Crippen LogP contribution in [0.15, 0.2) is 50.8 Å². The van der Waals surface area contributed by atoms with Gasteiger partial charge in [0.05, 0.1) is 10.8 Å². The zero-order valence-electron chi connectivity index (χ0n) is 10.4. The average Bonchev–Trinajstić information content (AvgIpc) is 3.04. The number of carboxylic acids is 1. The molecule has 0 amide bonds. The van der Waals surface area contributed by atoms with Crippen molar-refractivity contribution in [3.05, 3.63) is 47.7 Å². The van der Waals surface area contributed by atoms with Gasteiger partial charge in [0.1, 0.15) is 0 Å². The molecule has 2 unspecified atom stereocenters. The molecule has 1 aliphatic heterocycles. The molecule has 1 aromatic heterocycles. The van der Waals surface area contributed by atoms with Crippen LogP contribution in [0.1, 0.15) is 16.1 Å². The Morgan fingerprint density at radius 3 is 2.85 bits per heavy atom. The van der Waals surface area contributed by atoms with Gasteiger partial charge in [-0.25, -0.2) is 4.79 Å². The van der Waals surface area contributed by atoms with Gasteiger partial charge in [-0.05, 0) is 30.2 Å². The van der Waals surface area contributed by atoms with E-state index >= 15 is 0 Å². The normalized spacial score (nSPS) is 18.7. The maximum Gasteiger partial charge on any atom is 0.371 e. The summed E-state index contributed by atoms with van der Waals surface area (Å²) in [6, 6.07) is 11.0. The smallest absolute Gasteiger partial charge is 0.371 e. The van der Waals surface area contributed by atoms with E-state index in [-0.39, 0.29) is 16.1 Å². The van der Waals surface area contributed by atoms with Crippen molar-refractivity contribution in [1.29, 1.82) is 0 Å². The second-order valence-electron chi connectivity index (χ2n) is 4.49. The highest BCUT2D eigenvalue weighted by atomic mass is 32.2. The molecule has 1 aliphatic rings. The quantitative estimate of drug-likeness (QED) is 0.940. The van der Waals surface area contributed by atoms with Gasteiger partial charge in [-0.3, -0.25) is 4.21 Å². The molecular weight excluding hydrogens is 296 g/mol. The molecule has 2 heterocycles. The van der Waals surface area contributed by atoms with Crippen LogP contribution in [0.2, 0.25) is 0 Å². The lowest BCUT2D eigenvalue weighted by Crippen LogP contribution is -2.12. The molecule has 0 spiro atoms. The molecule has 0 saturated carbocycles. The van der Waals surface area contributed by atoms with Gasteiger partial charge in [0, 0.05) is 15.9 Å². The van der Waals surface area contributed by atoms with Crippen LogP contribution in [0.5, 0.6) is 0 Å². The molecular formula is C14H12O4S2. The highest BCUT2D eigenvalue weighted by Crippen LogP contribution is 2.37. The van der Waals surface area contributed by atoms with E-state index < -0.39 is 16.8 Å². The summed E-state index contributed by atoms with van der Waals surface area (Å²) in [5.41, 5.74) is 1.28. The molecule has 1 aromatic carbocycles. The standard InChI is InChI=1S/C14H12O4S2/c15-14(16)11-5-6-13(18-11)20(17)8-10-7-9-3-1-2-4-12(9)19-10/h1-6,10H,7-8H2,(H,15,16). The lowest BCUT2D eigenvalue weighted by Gasteiger charge is -2.06. The Morgan fingerprint density at radius 2 is 2.15 bits per heavy atom. The third kappa shape index (κ3) is 2.66. The van der Waals surface area contributed by atoms with Crippen molar-refractivity contribution in [2.24, 2.45) is 0 Å². The minimum absolute atomic E-state index is 0.171. The number of benzene rings is 1. The maximum atomic E-state index is 12.2. The van der Waals surface area contributed by atoms with Crippen LogP contribution < -0.4 is 0 Å². The number of fused-ring (bicyclic) bond motifs is 1. The number of carbonyl (C=O) groups is 1. The summed E-state index contributed by atoms with van der Waals surface area (Å²) in [7, 11) is -1.31. The summed E-state index contributed by atoms with van der Waals surface area (Å²) in [6.07, 6.45) is 0.888. The third-order valence-corrected chi connectivity index (χ3v) is 5.97. The summed E-state index contributed by atoms with van der Waals surface area (Å²) < 4.78 is 17.3. The molecule has 0 bridgehead atoms. The Bertz CT molecular complexity index is 652. The van der Waals surface area contributed by atoms with Gasteiger partial charge in [-0.2, -0.15) is 0 Å². The number of carboxylic acid groups (broad SMARTS) is 1. The molecule has 3 rings (SSSR count). The highest BCUT2D eigenvalue weighted by Gasteiger charge is 2.25. The molecule has 1 N–H and O–H groups in total. The Morgan fingerprint density at radius 1 is 1.35 bits per heavy atom. The van der Waals surface area contributed by atoms with E-state index in [0.717, 1.165) is 6.42 Å². The van der Waals surface area contributed by atoms with Crippen molar-refractivity contribution < 1.29 is 18.5 Å². The van der Waals surface area contributed by atoms with Gasteiger partial charge < -0.3 is 9.52 Å². The number of furan rings is 1. The van der Waals surface area contributed by atoms with Crippen LogP contribution in [-0.4, -0.2) is 26.3 Å². The van der Waals surface area contributed by atoms with E-state index in [9.17, 15) is 9.00 Å². The zero-order chi connectivity index (χ0) is 14.1. The molecule has 2 atom stereocenters. The first kappa shape index (κ1) is 13.5. The molecule has 0 aliphatic carbocycles. The first-order valence-corrected chi connectivity index (χ1v) is 8.29. The van der Waals surface area contributed by atoms with Crippen LogP contribution in [0.4, 0.5) is 0 Å². The van der Waals surface area contributed by atoms with E-state index in [1.807, 2.05) is 12.1 Å². The van der Waals surface area contributed by atoms with E-state index in [1.165, 1.54) is 22.6 Å². The minimum Gasteiger partial charge on any atom is -0.475 e. The number of aromatic carboxylic acids is 1. The summed E-state index contributed by atoms with van der Waals surface area (Å²) in [4.78, 5) is 12.0. The molecule has 2 aromatic rings. The number of thioether (sulfide) groups is 1. The molecule has 6 heteroatoms. The predicted molar refractivity (Wildman–Crippen MR) is 76.7 cm³/mol. The summed E-state index contributed by atoms with van der Waals surface area (Å²) in [6.45, 7) is 0. The fraction of sp³-hybridized carbons (Fsp3) is 0.214. The molecule has 0 fully saturated rings. The molecule has 0 radical (unpaired) electrons. The van der Waals surface area contributed by atoms with E-state index in [0.29, 0.717) is 5.75 Å². The first-order chi connectivity index (χ1) is 9.63. The molecule has 4 nitrogen and oxygen atoms in total. The van der Waals surface area contributed by atoms with Crippen LogP contribution in [0, 0.1) is 0 Å². The van der Waals surface area contributed by atoms with Crippen molar-refractivity contribution in [2.45, 2.75) is 21.7 Å². The summed E-state index contributed by atoms with van der Waals surface area (Å²) in [5.74, 6) is -0.849. The average molecular weight is 308 g/mol. The Kier molecular flexibility index (Phi) is 3.67. The minimum atomic E-state index is -1.31. The van der Waals surface area contributed by atoms with Gasteiger partial charge in [-0.15, -0.1) is 11.8 Å². The SMILES string of the molecule is O=C(O)c1ccc(S(=O)CC2Cc3ccccc3S2)o1. The second-order valence-corrected chi connectivity index (χ2v) is 7.26.